The van der Waals surface area contributed by atoms with Gasteiger partial charge in [-0.25, -0.2) is 4.79 Å². The Morgan fingerprint density at radius 2 is 2.17 bits per heavy atom. The summed E-state index contributed by atoms with van der Waals surface area (Å²) in [6, 6.07) is 3.23. The van der Waals surface area contributed by atoms with Crippen LogP contribution in [0.5, 0.6) is 0 Å². The van der Waals surface area contributed by atoms with Crippen molar-refractivity contribution in [1.82, 2.24) is 10.2 Å². The van der Waals surface area contributed by atoms with Crippen molar-refractivity contribution in [2.45, 2.75) is 20.3 Å². The van der Waals surface area contributed by atoms with Crippen molar-refractivity contribution in [3.8, 4) is 0 Å². The monoisotopic (exact) mass is 253 g/mol. The highest BCUT2D eigenvalue weighted by molar-refractivity contribution is 5.86. The number of aliphatic hydroxyl groups excluding tert-OH is 1. The van der Waals surface area contributed by atoms with Crippen LogP contribution >= 0.6 is 0 Å². The molecule has 2 N–H and O–H groups in total. The summed E-state index contributed by atoms with van der Waals surface area (Å²) in [6.45, 7) is 4.92. The van der Waals surface area contributed by atoms with Gasteiger partial charge in [-0.2, -0.15) is 0 Å². The molecule has 0 unspecified atom stereocenters. The van der Waals surface area contributed by atoms with Crippen LogP contribution in [-0.2, 0) is 4.74 Å². The lowest BCUT2D eigenvalue weighted by Crippen LogP contribution is -2.24. The average Bonchev–Trinajstić information content (AvgIpc) is 2.36. The number of hydrogen-bond donors (Lipinski definition) is 2. The third-order valence-corrected chi connectivity index (χ3v) is 2.60. The maximum Gasteiger partial charge on any atom is 0.358 e. The van der Waals surface area contributed by atoms with Gasteiger partial charge in [0, 0.05) is 13.2 Å². The van der Waals surface area contributed by atoms with E-state index in [2.05, 4.69) is 20.3 Å². The molecule has 18 heavy (non-hydrogen) atoms. The molecule has 0 aromatic carbocycles. The molecule has 1 rings (SSSR count). The van der Waals surface area contributed by atoms with E-state index in [1.165, 1.54) is 7.11 Å². The molecule has 1 heterocycles. The first-order chi connectivity index (χ1) is 8.48. The first-order valence-corrected chi connectivity index (χ1v) is 5.75. The molecular weight excluding hydrogens is 234 g/mol. The van der Waals surface area contributed by atoms with Crippen LogP contribution in [0.4, 0.5) is 5.82 Å². The van der Waals surface area contributed by atoms with E-state index in [1.54, 1.807) is 12.1 Å². The molecular formula is C12H19N3O3. The number of nitrogens with one attached hydrogen (secondary N) is 1. The van der Waals surface area contributed by atoms with Gasteiger partial charge in [0.1, 0.15) is 5.82 Å². The lowest BCUT2D eigenvalue weighted by atomic mass is 9.90. The van der Waals surface area contributed by atoms with E-state index in [-0.39, 0.29) is 17.7 Å². The Balaban J connectivity index is 2.56. The summed E-state index contributed by atoms with van der Waals surface area (Å²) in [4.78, 5) is 11.2. The standard InChI is InChI=1S/C12H19N3O3/c1-12(2,6-7-16)8-13-10-5-4-9(14-15-10)11(17)18-3/h4-5,16H,6-8H2,1-3H3,(H,13,15). The number of rotatable bonds is 6. The number of aliphatic hydroxyl groups is 1. The minimum absolute atomic E-state index is 0.0303. The zero-order chi connectivity index (χ0) is 13.6. The zero-order valence-corrected chi connectivity index (χ0v) is 10.9. The number of nitrogens with zero attached hydrogens (tertiary/aromatic N) is 2. The van der Waals surface area contributed by atoms with Crippen molar-refractivity contribution >= 4 is 11.8 Å². The quantitative estimate of drug-likeness (QED) is 0.738. The van der Waals surface area contributed by atoms with Crippen molar-refractivity contribution < 1.29 is 14.6 Å². The van der Waals surface area contributed by atoms with Gasteiger partial charge in [0.05, 0.1) is 7.11 Å². The van der Waals surface area contributed by atoms with E-state index < -0.39 is 5.97 Å². The SMILES string of the molecule is COC(=O)c1ccc(NCC(C)(C)CCO)nn1. The molecule has 0 radical (unpaired) electrons. The van der Waals surface area contributed by atoms with E-state index in [0.717, 1.165) is 0 Å². The third-order valence-electron chi connectivity index (χ3n) is 2.60. The summed E-state index contributed by atoms with van der Waals surface area (Å²) in [5.74, 6) is 0.0864. The van der Waals surface area contributed by atoms with Gasteiger partial charge in [0.15, 0.2) is 5.69 Å². The highest BCUT2D eigenvalue weighted by atomic mass is 16.5. The molecule has 6 heteroatoms. The van der Waals surface area contributed by atoms with Crippen LogP contribution in [0.15, 0.2) is 12.1 Å². The number of carbonyl (C=O) groups excluding carboxylic acids is 1. The number of esters is 1. The fourth-order valence-electron chi connectivity index (χ4n) is 1.36. The summed E-state index contributed by atoms with van der Waals surface area (Å²) >= 11 is 0. The number of ether oxygens (including phenoxy) is 1. The maximum absolute atomic E-state index is 11.2. The Bertz CT molecular complexity index is 390. The highest BCUT2D eigenvalue weighted by Crippen LogP contribution is 2.19. The van der Waals surface area contributed by atoms with Crippen LogP contribution in [-0.4, -0.2) is 41.5 Å². The second kappa shape index (κ2) is 6.30. The Morgan fingerprint density at radius 3 is 2.67 bits per heavy atom. The summed E-state index contributed by atoms with van der Waals surface area (Å²) in [7, 11) is 1.30. The molecule has 0 saturated heterocycles. The first kappa shape index (κ1) is 14.4. The third kappa shape index (κ3) is 4.29. The number of anilines is 1. The lowest BCUT2D eigenvalue weighted by Gasteiger charge is -2.23. The van der Waals surface area contributed by atoms with Crippen LogP contribution in [0.2, 0.25) is 0 Å². The van der Waals surface area contributed by atoms with E-state index in [0.29, 0.717) is 18.8 Å². The fourth-order valence-corrected chi connectivity index (χ4v) is 1.36. The first-order valence-electron chi connectivity index (χ1n) is 5.75. The fraction of sp³-hybridized carbons (Fsp3) is 0.583. The van der Waals surface area contributed by atoms with E-state index in [1.807, 2.05) is 13.8 Å². The zero-order valence-electron chi connectivity index (χ0n) is 10.9. The van der Waals surface area contributed by atoms with Crippen LogP contribution in [0.1, 0.15) is 30.8 Å². The molecule has 1 aromatic heterocycles. The van der Waals surface area contributed by atoms with Crippen molar-refractivity contribution in [3.05, 3.63) is 17.8 Å². The number of carbonyl (C=O) groups is 1. The molecule has 100 valence electrons. The van der Waals surface area contributed by atoms with Crippen molar-refractivity contribution in [1.29, 1.82) is 0 Å². The van der Waals surface area contributed by atoms with Gasteiger partial charge in [-0.05, 0) is 24.0 Å². The Labute approximate surface area is 106 Å². The predicted molar refractivity (Wildman–Crippen MR) is 67.3 cm³/mol. The van der Waals surface area contributed by atoms with Gasteiger partial charge >= 0.3 is 5.97 Å². The van der Waals surface area contributed by atoms with Gasteiger partial charge in [-0.3, -0.25) is 0 Å². The summed E-state index contributed by atoms with van der Waals surface area (Å²) < 4.78 is 4.53. The summed E-state index contributed by atoms with van der Waals surface area (Å²) in [6.07, 6.45) is 0.702. The molecule has 0 fully saturated rings. The Hall–Kier alpha value is -1.69. The summed E-state index contributed by atoms with van der Waals surface area (Å²) in [5, 5.41) is 19.7. The van der Waals surface area contributed by atoms with Crippen molar-refractivity contribution in [2.24, 2.45) is 5.41 Å². The van der Waals surface area contributed by atoms with Gasteiger partial charge in [-0.15, -0.1) is 10.2 Å². The predicted octanol–water partition coefficient (Wildman–Crippen LogP) is 1.08. The Morgan fingerprint density at radius 1 is 1.44 bits per heavy atom. The van der Waals surface area contributed by atoms with Gasteiger partial charge in [0.2, 0.25) is 0 Å². The molecule has 0 bridgehead atoms. The molecule has 0 aliphatic heterocycles. The lowest BCUT2D eigenvalue weighted by molar-refractivity contribution is 0.0592. The molecule has 0 amide bonds. The van der Waals surface area contributed by atoms with E-state index in [9.17, 15) is 4.79 Å². The summed E-state index contributed by atoms with van der Waals surface area (Å²) in [5.41, 5.74) is 0.148. The van der Waals surface area contributed by atoms with Crippen molar-refractivity contribution in [3.63, 3.8) is 0 Å². The molecule has 1 aromatic rings. The molecule has 0 spiro atoms. The molecule has 6 nitrogen and oxygen atoms in total. The van der Waals surface area contributed by atoms with E-state index >= 15 is 0 Å². The largest absolute Gasteiger partial charge is 0.464 e. The van der Waals surface area contributed by atoms with Crippen LogP contribution in [0.25, 0.3) is 0 Å². The highest BCUT2D eigenvalue weighted by Gasteiger charge is 2.17. The van der Waals surface area contributed by atoms with Crippen molar-refractivity contribution in [2.75, 3.05) is 25.6 Å². The average molecular weight is 253 g/mol. The normalized spacial score (nSPS) is 11.1. The second-order valence-electron chi connectivity index (χ2n) is 4.79. The molecule has 0 aliphatic carbocycles. The topological polar surface area (TPSA) is 84.3 Å². The van der Waals surface area contributed by atoms with Gasteiger partial charge in [-0.1, -0.05) is 13.8 Å². The minimum Gasteiger partial charge on any atom is -0.464 e. The molecule has 0 atom stereocenters. The smallest absolute Gasteiger partial charge is 0.358 e. The maximum atomic E-state index is 11.2. The Kier molecular flexibility index (Phi) is 5.03. The minimum atomic E-state index is -0.505. The number of hydrogen-bond acceptors (Lipinski definition) is 6. The molecule has 0 saturated carbocycles. The molecule has 0 aliphatic rings. The number of aromatic nitrogens is 2. The van der Waals surface area contributed by atoms with Crippen LogP contribution < -0.4 is 5.32 Å². The van der Waals surface area contributed by atoms with Gasteiger partial charge < -0.3 is 15.2 Å². The van der Waals surface area contributed by atoms with Crippen LogP contribution in [0, 0.1) is 5.41 Å². The van der Waals surface area contributed by atoms with E-state index in [4.69, 9.17) is 5.11 Å². The van der Waals surface area contributed by atoms with Gasteiger partial charge in [0.25, 0.3) is 0 Å². The number of methoxy groups -OCH3 is 1. The van der Waals surface area contributed by atoms with Crippen LogP contribution in [0.3, 0.4) is 0 Å². The second-order valence-corrected chi connectivity index (χ2v) is 4.79.